The molecule has 0 atom stereocenters. The lowest BCUT2D eigenvalue weighted by Crippen LogP contribution is -2.52. The normalized spacial score (nSPS) is 16.1. The number of aryl methyl sites for hydroxylation is 1. The quantitative estimate of drug-likeness (QED) is 0.634. The Hall–Kier alpha value is -2.34. The molecule has 140 valence electrons. The molecule has 0 amide bonds. The van der Waals surface area contributed by atoms with Crippen LogP contribution in [0.15, 0.2) is 47.7 Å². The fourth-order valence-corrected chi connectivity index (χ4v) is 3.28. The zero-order chi connectivity index (χ0) is 18.2. The molecule has 3 rings (SSSR count). The molecular formula is C20H30N6. The molecule has 26 heavy (non-hydrogen) atoms. The van der Waals surface area contributed by atoms with Crippen molar-refractivity contribution in [1.29, 1.82) is 0 Å². The zero-order valence-electron chi connectivity index (χ0n) is 15.9. The highest BCUT2D eigenvalue weighted by atomic mass is 15.3. The van der Waals surface area contributed by atoms with Gasteiger partial charge in [-0.2, -0.15) is 5.10 Å². The standard InChI is InChI=1S/C20H30N6/c1-3-21-20(22-10-9-19-15-23-24(2)16-19)26-13-11-25(12-14-26)17-18-7-5-4-6-8-18/h4-8,15-16H,3,9-14,17H2,1-2H3,(H,21,22). The number of benzene rings is 1. The Morgan fingerprint density at radius 2 is 1.88 bits per heavy atom. The molecule has 1 N–H and O–H groups in total. The summed E-state index contributed by atoms with van der Waals surface area (Å²) in [6.07, 6.45) is 4.91. The molecule has 0 unspecified atom stereocenters. The van der Waals surface area contributed by atoms with Gasteiger partial charge in [-0.05, 0) is 24.5 Å². The first kappa shape index (κ1) is 18.5. The molecule has 0 aliphatic carbocycles. The molecular weight excluding hydrogens is 324 g/mol. The Bertz CT molecular complexity index is 685. The second kappa shape index (κ2) is 9.38. The van der Waals surface area contributed by atoms with E-state index in [1.54, 1.807) is 0 Å². The number of nitrogens with zero attached hydrogens (tertiary/aromatic N) is 5. The van der Waals surface area contributed by atoms with Crippen LogP contribution in [0.5, 0.6) is 0 Å². The van der Waals surface area contributed by atoms with Crippen molar-refractivity contribution < 1.29 is 0 Å². The molecule has 0 bridgehead atoms. The highest BCUT2D eigenvalue weighted by Crippen LogP contribution is 2.09. The smallest absolute Gasteiger partial charge is 0.194 e. The van der Waals surface area contributed by atoms with Gasteiger partial charge >= 0.3 is 0 Å². The molecule has 1 saturated heterocycles. The molecule has 1 fully saturated rings. The summed E-state index contributed by atoms with van der Waals surface area (Å²) in [5.41, 5.74) is 2.62. The van der Waals surface area contributed by atoms with Crippen molar-refractivity contribution in [3.8, 4) is 0 Å². The van der Waals surface area contributed by atoms with E-state index in [0.29, 0.717) is 0 Å². The van der Waals surface area contributed by atoms with Crippen LogP contribution in [0.3, 0.4) is 0 Å². The Morgan fingerprint density at radius 3 is 2.54 bits per heavy atom. The molecule has 0 saturated carbocycles. The Morgan fingerprint density at radius 1 is 1.12 bits per heavy atom. The molecule has 2 aromatic rings. The van der Waals surface area contributed by atoms with E-state index < -0.39 is 0 Å². The third-order valence-electron chi connectivity index (χ3n) is 4.68. The minimum Gasteiger partial charge on any atom is -0.357 e. The van der Waals surface area contributed by atoms with Crippen molar-refractivity contribution in [3.05, 3.63) is 53.9 Å². The van der Waals surface area contributed by atoms with Gasteiger partial charge in [0, 0.05) is 59.1 Å². The molecule has 1 aliphatic heterocycles. The zero-order valence-corrected chi connectivity index (χ0v) is 15.9. The summed E-state index contributed by atoms with van der Waals surface area (Å²) in [4.78, 5) is 9.73. The summed E-state index contributed by atoms with van der Waals surface area (Å²) in [5, 5.41) is 7.66. The van der Waals surface area contributed by atoms with Crippen LogP contribution in [0, 0.1) is 0 Å². The Labute approximate surface area is 156 Å². The van der Waals surface area contributed by atoms with E-state index in [9.17, 15) is 0 Å². The summed E-state index contributed by atoms with van der Waals surface area (Å²) in [5.74, 6) is 1.04. The predicted molar refractivity (Wildman–Crippen MR) is 106 cm³/mol. The number of aliphatic imine (C=N–C) groups is 1. The Balaban J connectivity index is 1.50. The SMILES string of the molecule is CCNC(=NCCc1cnn(C)c1)N1CCN(Cc2ccccc2)CC1. The molecule has 1 aliphatic rings. The molecule has 2 heterocycles. The lowest BCUT2D eigenvalue weighted by molar-refractivity contribution is 0.172. The van der Waals surface area contributed by atoms with Gasteiger partial charge in [0.15, 0.2) is 5.96 Å². The topological polar surface area (TPSA) is 48.7 Å². The summed E-state index contributed by atoms with van der Waals surface area (Å²) in [6, 6.07) is 10.7. The van der Waals surface area contributed by atoms with Crippen molar-refractivity contribution in [2.24, 2.45) is 12.0 Å². The number of guanidine groups is 1. The van der Waals surface area contributed by atoms with Crippen LogP contribution in [0.2, 0.25) is 0 Å². The number of rotatable bonds is 6. The van der Waals surface area contributed by atoms with Crippen molar-refractivity contribution >= 4 is 5.96 Å². The van der Waals surface area contributed by atoms with Crippen LogP contribution in [0.25, 0.3) is 0 Å². The van der Waals surface area contributed by atoms with Crippen molar-refractivity contribution in [2.45, 2.75) is 19.9 Å². The monoisotopic (exact) mass is 354 g/mol. The molecule has 6 nitrogen and oxygen atoms in total. The van der Waals surface area contributed by atoms with E-state index in [-0.39, 0.29) is 0 Å². The average molecular weight is 355 g/mol. The lowest BCUT2D eigenvalue weighted by atomic mass is 10.2. The van der Waals surface area contributed by atoms with Crippen LogP contribution in [0.1, 0.15) is 18.1 Å². The van der Waals surface area contributed by atoms with Gasteiger partial charge < -0.3 is 10.2 Å². The molecule has 6 heteroatoms. The maximum Gasteiger partial charge on any atom is 0.194 e. The van der Waals surface area contributed by atoms with Crippen LogP contribution in [-0.4, -0.2) is 64.8 Å². The number of hydrogen-bond donors (Lipinski definition) is 1. The van der Waals surface area contributed by atoms with Crippen molar-refractivity contribution in [2.75, 3.05) is 39.3 Å². The minimum absolute atomic E-state index is 0.790. The maximum absolute atomic E-state index is 4.83. The molecule has 1 aromatic carbocycles. The lowest BCUT2D eigenvalue weighted by Gasteiger charge is -2.36. The van der Waals surface area contributed by atoms with Crippen LogP contribution >= 0.6 is 0 Å². The van der Waals surface area contributed by atoms with E-state index >= 15 is 0 Å². The van der Waals surface area contributed by atoms with Gasteiger partial charge in [-0.1, -0.05) is 30.3 Å². The van der Waals surface area contributed by atoms with Gasteiger partial charge in [-0.25, -0.2) is 0 Å². The predicted octanol–water partition coefficient (Wildman–Crippen LogP) is 1.75. The van der Waals surface area contributed by atoms with Gasteiger partial charge in [0.25, 0.3) is 0 Å². The van der Waals surface area contributed by atoms with Gasteiger partial charge in [-0.15, -0.1) is 0 Å². The summed E-state index contributed by atoms with van der Waals surface area (Å²) < 4.78 is 1.84. The van der Waals surface area contributed by atoms with E-state index in [4.69, 9.17) is 4.99 Å². The van der Waals surface area contributed by atoms with Crippen LogP contribution in [0.4, 0.5) is 0 Å². The summed E-state index contributed by atoms with van der Waals surface area (Å²) in [6.45, 7) is 9.03. The second-order valence-corrected chi connectivity index (χ2v) is 6.76. The number of nitrogens with one attached hydrogen (secondary N) is 1. The Kier molecular flexibility index (Phi) is 6.66. The van der Waals surface area contributed by atoms with E-state index in [1.165, 1.54) is 11.1 Å². The average Bonchev–Trinajstić information content (AvgIpc) is 3.08. The molecule has 0 spiro atoms. The maximum atomic E-state index is 4.83. The fraction of sp³-hybridized carbons (Fsp3) is 0.500. The van der Waals surface area contributed by atoms with Gasteiger partial charge in [0.05, 0.1) is 6.20 Å². The number of aromatic nitrogens is 2. The highest BCUT2D eigenvalue weighted by Gasteiger charge is 2.19. The molecule has 0 radical (unpaired) electrons. The number of hydrogen-bond acceptors (Lipinski definition) is 3. The third-order valence-corrected chi connectivity index (χ3v) is 4.68. The van der Waals surface area contributed by atoms with Gasteiger partial charge in [0.2, 0.25) is 0 Å². The number of piperazine rings is 1. The van der Waals surface area contributed by atoms with Gasteiger partial charge in [0.1, 0.15) is 0 Å². The van der Waals surface area contributed by atoms with Crippen molar-refractivity contribution in [3.63, 3.8) is 0 Å². The van der Waals surface area contributed by atoms with Crippen LogP contribution < -0.4 is 5.32 Å². The van der Waals surface area contributed by atoms with E-state index in [2.05, 4.69) is 63.7 Å². The summed E-state index contributed by atoms with van der Waals surface area (Å²) >= 11 is 0. The van der Waals surface area contributed by atoms with Crippen molar-refractivity contribution in [1.82, 2.24) is 24.9 Å². The first-order valence-corrected chi connectivity index (χ1v) is 9.51. The highest BCUT2D eigenvalue weighted by molar-refractivity contribution is 5.80. The minimum atomic E-state index is 0.790. The first-order chi connectivity index (χ1) is 12.7. The van der Waals surface area contributed by atoms with E-state index in [1.807, 2.05) is 17.9 Å². The second-order valence-electron chi connectivity index (χ2n) is 6.76. The third kappa shape index (κ3) is 5.33. The first-order valence-electron chi connectivity index (χ1n) is 9.51. The van der Waals surface area contributed by atoms with Gasteiger partial charge in [-0.3, -0.25) is 14.6 Å². The van der Waals surface area contributed by atoms with E-state index in [0.717, 1.165) is 58.2 Å². The molecule has 1 aromatic heterocycles. The summed E-state index contributed by atoms with van der Waals surface area (Å²) in [7, 11) is 1.95. The fourth-order valence-electron chi connectivity index (χ4n) is 3.28. The largest absolute Gasteiger partial charge is 0.357 e. The van der Waals surface area contributed by atoms with Crippen LogP contribution in [-0.2, 0) is 20.0 Å².